The Bertz CT molecular complexity index is 837. The molecule has 3 heteroatoms. The molecule has 2 aromatic rings. The van der Waals surface area contributed by atoms with Crippen molar-refractivity contribution in [1.82, 2.24) is 0 Å². The van der Waals surface area contributed by atoms with Crippen LogP contribution in [-0.2, 0) is 16.5 Å². The van der Waals surface area contributed by atoms with Crippen LogP contribution in [0.4, 0.5) is 11.4 Å². The molecule has 0 aliphatic heterocycles. The van der Waals surface area contributed by atoms with Crippen LogP contribution in [0.2, 0.25) is 0 Å². The van der Waals surface area contributed by atoms with Crippen molar-refractivity contribution in [3.8, 4) is 0 Å². The maximum atomic E-state index is 5.03. The van der Waals surface area contributed by atoms with Gasteiger partial charge in [0.15, 0.2) is 0 Å². The average Bonchev–Trinajstić information content (AvgIpc) is 2.65. The maximum Gasteiger partial charge on any atom is 0.0702 e. The number of para-hydroxylation sites is 2. The first-order chi connectivity index (χ1) is 13.6. The molecule has 0 radical (unpaired) electrons. The molecule has 0 fully saturated rings. The largest absolute Gasteiger partial charge is 0.254 e. The van der Waals surface area contributed by atoms with Gasteiger partial charge in [-0.1, -0.05) is 91.8 Å². The van der Waals surface area contributed by atoms with E-state index >= 15 is 0 Å². The van der Waals surface area contributed by atoms with E-state index in [4.69, 9.17) is 9.98 Å². The second-order valence-corrected chi connectivity index (χ2v) is 9.20. The molecule has 0 atom stereocenters. The third kappa shape index (κ3) is 6.38. The summed E-state index contributed by atoms with van der Waals surface area (Å²) in [5.41, 5.74) is 8.35. The van der Waals surface area contributed by atoms with E-state index in [0.717, 1.165) is 17.1 Å². The van der Waals surface area contributed by atoms with Crippen molar-refractivity contribution in [1.29, 1.82) is 0 Å². The summed E-state index contributed by atoms with van der Waals surface area (Å²) in [4.78, 5) is 9.97. The van der Waals surface area contributed by atoms with Crippen LogP contribution in [0, 0.1) is 0 Å². The number of hydrogen-bond donors (Lipinski definition) is 0. The molecular formula is C27H38N2Ni. The second-order valence-electron chi connectivity index (χ2n) is 9.20. The van der Waals surface area contributed by atoms with Crippen molar-refractivity contribution in [2.75, 3.05) is 0 Å². The minimum atomic E-state index is 0. The summed E-state index contributed by atoms with van der Waals surface area (Å²) in [7, 11) is 0. The minimum absolute atomic E-state index is 0. The summed E-state index contributed by atoms with van der Waals surface area (Å²) < 4.78 is 0. The van der Waals surface area contributed by atoms with Gasteiger partial charge in [-0.15, -0.1) is 0 Å². The van der Waals surface area contributed by atoms with Crippen molar-refractivity contribution in [3.05, 3.63) is 58.7 Å². The Labute approximate surface area is 194 Å². The van der Waals surface area contributed by atoms with Crippen LogP contribution in [0.3, 0.4) is 0 Å². The normalized spacial score (nSPS) is 12.5. The predicted molar refractivity (Wildman–Crippen MR) is 130 cm³/mol. The van der Waals surface area contributed by atoms with Crippen LogP contribution in [0.5, 0.6) is 0 Å². The molecule has 166 valence electrons. The van der Waals surface area contributed by atoms with Gasteiger partial charge in [0, 0.05) is 22.7 Å². The van der Waals surface area contributed by atoms with E-state index in [1.807, 2.05) is 6.21 Å². The minimum Gasteiger partial charge on any atom is -0.254 e. The zero-order chi connectivity index (χ0) is 21.7. The van der Waals surface area contributed by atoms with Crippen molar-refractivity contribution in [2.24, 2.45) is 9.98 Å². The Kier molecular flexibility index (Phi) is 10.2. The first-order valence-electron chi connectivity index (χ1n) is 11.0. The summed E-state index contributed by atoms with van der Waals surface area (Å²) in [5, 5.41) is 0. The molecule has 0 unspecified atom stereocenters. The zero-order valence-electron chi connectivity index (χ0n) is 20.1. The number of rotatable bonds is 7. The van der Waals surface area contributed by atoms with Crippen LogP contribution in [0.1, 0.15) is 108 Å². The van der Waals surface area contributed by atoms with Gasteiger partial charge in [-0.2, -0.15) is 0 Å². The van der Waals surface area contributed by atoms with E-state index in [1.54, 1.807) is 0 Å². The van der Waals surface area contributed by atoms with Crippen LogP contribution < -0.4 is 0 Å². The molecule has 0 spiro atoms. The zero-order valence-corrected chi connectivity index (χ0v) is 21.0. The molecule has 0 heterocycles. The molecule has 0 aliphatic carbocycles. The monoisotopic (exact) mass is 448 g/mol. The molecule has 0 aliphatic rings. The molecule has 0 saturated heterocycles. The van der Waals surface area contributed by atoms with Crippen molar-refractivity contribution in [3.63, 3.8) is 0 Å². The molecule has 2 nitrogen and oxygen atoms in total. The fraction of sp³-hybridized carbons (Fsp3) is 0.481. The average molecular weight is 449 g/mol. The molecule has 30 heavy (non-hydrogen) atoms. The Balaban J connectivity index is 0.00000450. The number of hydrogen-bond acceptors (Lipinski definition) is 2. The van der Waals surface area contributed by atoms with E-state index in [-0.39, 0.29) is 16.5 Å². The fourth-order valence-electron chi connectivity index (χ4n) is 3.66. The van der Waals surface area contributed by atoms with Crippen LogP contribution in [-0.4, -0.2) is 11.9 Å². The molecular weight excluding hydrogens is 411 g/mol. The van der Waals surface area contributed by atoms with Crippen molar-refractivity contribution < 1.29 is 16.5 Å². The van der Waals surface area contributed by atoms with E-state index in [2.05, 4.69) is 98.7 Å². The third-order valence-electron chi connectivity index (χ3n) is 5.35. The fourth-order valence-corrected chi connectivity index (χ4v) is 3.66. The number of benzene rings is 2. The summed E-state index contributed by atoms with van der Waals surface area (Å²) in [6.07, 6.45) is 1.94. The Morgan fingerprint density at radius 2 is 0.967 bits per heavy atom. The first kappa shape index (κ1) is 26.3. The van der Waals surface area contributed by atoms with Crippen molar-refractivity contribution in [2.45, 2.75) is 86.0 Å². The van der Waals surface area contributed by atoms with Crippen LogP contribution in [0.15, 0.2) is 46.4 Å². The summed E-state index contributed by atoms with van der Waals surface area (Å²) in [6, 6.07) is 13.1. The third-order valence-corrected chi connectivity index (χ3v) is 5.35. The van der Waals surface area contributed by atoms with Gasteiger partial charge in [0.2, 0.25) is 0 Å². The van der Waals surface area contributed by atoms with E-state index in [1.165, 1.54) is 22.3 Å². The van der Waals surface area contributed by atoms with Gasteiger partial charge in [0.05, 0.1) is 17.1 Å². The summed E-state index contributed by atoms with van der Waals surface area (Å²) in [5.74, 6) is 1.75. The van der Waals surface area contributed by atoms with Gasteiger partial charge < -0.3 is 0 Å². The van der Waals surface area contributed by atoms with Gasteiger partial charge in [0.1, 0.15) is 0 Å². The molecule has 0 bridgehead atoms. The van der Waals surface area contributed by atoms with Crippen molar-refractivity contribution >= 4 is 23.3 Å². The molecule has 2 rings (SSSR count). The Morgan fingerprint density at radius 1 is 0.633 bits per heavy atom. The predicted octanol–water partition coefficient (Wildman–Crippen LogP) is 8.67. The Morgan fingerprint density at radius 3 is 1.30 bits per heavy atom. The summed E-state index contributed by atoms with van der Waals surface area (Å²) in [6.45, 7) is 19.9. The smallest absolute Gasteiger partial charge is 0.0702 e. The molecule has 2 aromatic carbocycles. The molecule has 0 saturated carbocycles. The van der Waals surface area contributed by atoms with Gasteiger partial charge in [-0.05, 0) is 52.8 Å². The maximum absolute atomic E-state index is 5.03. The SMILES string of the molecule is CC(C=Nc1c(C(C)C)cccc1C(C)C)=Nc1c(C(C)C)cccc1C(C)C.[Ni]. The van der Waals surface area contributed by atoms with Gasteiger partial charge in [-0.3, -0.25) is 9.98 Å². The molecule has 0 N–H and O–H groups in total. The summed E-state index contributed by atoms with van der Waals surface area (Å²) >= 11 is 0. The van der Waals surface area contributed by atoms with Gasteiger partial charge in [-0.25, -0.2) is 0 Å². The molecule has 0 amide bonds. The first-order valence-corrected chi connectivity index (χ1v) is 11.0. The van der Waals surface area contributed by atoms with E-state index in [0.29, 0.717) is 23.7 Å². The quantitative estimate of drug-likeness (QED) is 0.298. The number of nitrogens with zero attached hydrogens (tertiary/aromatic N) is 2. The van der Waals surface area contributed by atoms with Gasteiger partial charge in [0.25, 0.3) is 0 Å². The topological polar surface area (TPSA) is 24.7 Å². The number of aliphatic imine (C=N–C) groups is 2. The second kappa shape index (κ2) is 11.6. The standard InChI is InChI=1S/C27H38N2.Ni/c1-17(2)22-12-10-13-23(18(3)4)26(22)28-16-21(9)29-27-24(19(5)6)14-11-15-25(27)20(7)8;/h10-20H,1-9H3;. The van der Waals surface area contributed by atoms with E-state index < -0.39 is 0 Å². The van der Waals surface area contributed by atoms with Gasteiger partial charge >= 0.3 is 0 Å². The van der Waals surface area contributed by atoms with Crippen LogP contribution >= 0.6 is 0 Å². The van der Waals surface area contributed by atoms with E-state index in [9.17, 15) is 0 Å². The Hall–Kier alpha value is -1.73. The van der Waals surface area contributed by atoms with Crippen LogP contribution in [0.25, 0.3) is 0 Å². The molecule has 0 aromatic heterocycles.